The Bertz CT molecular complexity index is 396. The summed E-state index contributed by atoms with van der Waals surface area (Å²) < 4.78 is 0. The number of benzene rings is 1. The van der Waals surface area contributed by atoms with E-state index in [9.17, 15) is 4.79 Å². The van der Waals surface area contributed by atoms with Gasteiger partial charge in [0.1, 0.15) is 0 Å². The van der Waals surface area contributed by atoms with Crippen LogP contribution < -0.4 is 11.1 Å². The third kappa shape index (κ3) is 4.52. The Balaban J connectivity index is 2.34. The number of rotatable bonds is 7. The summed E-state index contributed by atoms with van der Waals surface area (Å²) in [6.45, 7) is 1.84. The van der Waals surface area contributed by atoms with E-state index in [0.717, 1.165) is 23.6 Å². The zero-order chi connectivity index (χ0) is 13.6. The Kier molecular flexibility index (Phi) is 5.99. The van der Waals surface area contributed by atoms with Crippen LogP contribution in [0.2, 0.25) is 5.02 Å². The predicted molar refractivity (Wildman–Crippen MR) is 78.1 cm³/mol. The molecule has 0 aliphatic rings. The van der Waals surface area contributed by atoms with Gasteiger partial charge in [-0.15, -0.1) is 11.8 Å². The summed E-state index contributed by atoms with van der Waals surface area (Å²) in [5, 5.41) is 3.73. The molecule has 0 aliphatic carbocycles. The van der Waals surface area contributed by atoms with Gasteiger partial charge in [0.05, 0.1) is 5.54 Å². The highest BCUT2D eigenvalue weighted by atomic mass is 35.5. The summed E-state index contributed by atoms with van der Waals surface area (Å²) in [6, 6.07) is 7.76. The van der Waals surface area contributed by atoms with E-state index >= 15 is 0 Å². The van der Waals surface area contributed by atoms with Gasteiger partial charge < -0.3 is 11.1 Å². The average molecular weight is 287 g/mol. The molecular formula is C13H19ClN2OS. The molecule has 0 radical (unpaired) electrons. The maximum absolute atomic E-state index is 11.3. The molecule has 0 spiro atoms. The molecule has 0 bridgehead atoms. The van der Waals surface area contributed by atoms with Crippen molar-refractivity contribution < 1.29 is 4.79 Å². The minimum atomic E-state index is -0.611. The van der Waals surface area contributed by atoms with Crippen molar-refractivity contribution in [3.8, 4) is 0 Å². The standard InChI is InChI=1S/C13H19ClN2OS/c1-13(16-2,12(15)17)8-3-9-18-11-6-4-10(14)5-7-11/h4-7,16H,3,8-9H2,1-2H3,(H2,15,17). The van der Waals surface area contributed by atoms with Gasteiger partial charge in [0, 0.05) is 9.92 Å². The number of hydrogen-bond acceptors (Lipinski definition) is 3. The molecular weight excluding hydrogens is 268 g/mol. The molecule has 100 valence electrons. The minimum Gasteiger partial charge on any atom is -0.368 e. The monoisotopic (exact) mass is 286 g/mol. The van der Waals surface area contributed by atoms with Crippen LogP contribution in [0.4, 0.5) is 0 Å². The van der Waals surface area contributed by atoms with E-state index in [0.29, 0.717) is 0 Å². The molecule has 0 heterocycles. The van der Waals surface area contributed by atoms with Crippen LogP contribution in [0.25, 0.3) is 0 Å². The number of carbonyl (C=O) groups excluding carboxylic acids is 1. The van der Waals surface area contributed by atoms with Gasteiger partial charge in [-0.25, -0.2) is 0 Å². The molecule has 0 aromatic heterocycles. The van der Waals surface area contributed by atoms with Crippen LogP contribution in [0.15, 0.2) is 29.2 Å². The van der Waals surface area contributed by atoms with Gasteiger partial charge in [0.2, 0.25) is 5.91 Å². The fourth-order valence-electron chi connectivity index (χ4n) is 1.52. The lowest BCUT2D eigenvalue weighted by molar-refractivity contribution is -0.123. The second kappa shape index (κ2) is 7.02. The minimum absolute atomic E-state index is 0.304. The third-order valence-corrected chi connectivity index (χ3v) is 4.35. The summed E-state index contributed by atoms with van der Waals surface area (Å²) in [7, 11) is 1.76. The molecule has 5 heteroatoms. The fraction of sp³-hybridized carbons (Fsp3) is 0.462. The van der Waals surface area contributed by atoms with Gasteiger partial charge >= 0.3 is 0 Å². The first-order chi connectivity index (χ1) is 8.48. The summed E-state index contributed by atoms with van der Waals surface area (Å²) in [5.41, 5.74) is 4.76. The summed E-state index contributed by atoms with van der Waals surface area (Å²) >= 11 is 7.57. The second-order valence-electron chi connectivity index (χ2n) is 4.35. The summed E-state index contributed by atoms with van der Waals surface area (Å²) in [6.07, 6.45) is 1.66. The number of thioether (sulfide) groups is 1. The van der Waals surface area contributed by atoms with Crippen LogP contribution in [0, 0.1) is 0 Å². The van der Waals surface area contributed by atoms with Crippen LogP contribution in [0.1, 0.15) is 19.8 Å². The van der Waals surface area contributed by atoms with E-state index in [-0.39, 0.29) is 5.91 Å². The fourth-order valence-corrected chi connectivity index (χ4v) is 2.50. The molecule has 1 unspecified atom stereocenters. The molecule has 0 saturated carbocycles. The van der Waals surface area contributed by atoms with Crippen molar-refractivity contribution in [3.63, 3.8) is 0 Å². The van der Waals surface area contributed by atoms with E-state index in [2.05, 4.69) is 5.32 Å². The molecule has 18 heavy (non-hydrogen) atoms. The zero-order valence-corrected chi connectivity index (χ0v) is 12.3. The molecule has 1 rings (SSSR count). The smallest absolute Gasteiger partial charge is 0.237 e. The number of halogens is 1. The first kappa shape index (κ1) is 15.3. The molecule has 1 aromatic rings. The number of likely N-dealkylation sites (N-methyl/N-ethyl adjacent to an activating group) is 1. The number of carbonyl (C=O) groups is 1. The topological polar surface area (TPSA) is 55.1 Å². The average Bonchev–Trinajstić information content (AvgIpc) is 2.36. The lowest BCUT2D eigenvalue weighted by Crippen LogP contribution is -2.51. The predicted octanol–water partition coefficient (Wildman–Crippen LogP) is 2.68. The molecule has 3 nitrogen and oxygen atoms in total. The van der Waals surface area contributed by atoms with Crippen molar-refractivity contribution in [1.82, 2.24) is 5.32 Å². The van der Waals surface area contributed by atoms with Gasteiger partial charge in [-0.2, -0.15) is 0 Å². The largest absolute Gasteiger partial charge is 0.368 e. The molecule has 0 aliphatic heterocycles. The molecule has 0 fully saturated rings. The Morgan fingerprint density at radius 2 is 2.06 bits per heavy atom. The first-order valence-electron chi connectivity index (χ1n) is 5.85. The third-order valence-electron chi connectivity index (χ3n) is 3.00. The van der Waals surface area contributed by atoms with Crippen molar-refractivity contribution in [2.75, 3.05) is 12.8 Å². The molecule has 3 N–H and O–H groups in total. The quantitative estimate of drug-likeness (QED) is 0.598. The van der Waals surface area contributed by atoms with Crippen LogP contribution >= 0.6 is 23.4 Å². The lowest BCUT2D eigenvalue weighted by Gasteiger charge is -2.25. The Hall–Kier alpha value is -0.710. The summed E-state index contributed by atoms with van der Waals surface area (Å²) in [4.78, 5) is 12.5. The SMILES string of the molecule is CNC(C)(CCCSc1ccc(Cl)cc1)C(N)=O. The molecule has 1 atom stereocenters. The van der Waals surface area contributed by atoms with Gasteiger partial charge in [-0.05, 0) is 56.8 Å². The number of primary amides is 1. The maximum atomic E-state index is 11.3. The number of nitrogens with one attached hydrogen (secondary N) is 1. The van der Waals surface area contributed by atoms with E-state index in [4.69, 9.17) is 17.3 Å². The highest BCUT2D eigenvalue weighted by Crippen LogP contribution is 2.22. The van der Waals surface area contributed by atoms with Crippen LogP contribution in [0.3, 0.4) is 0 Å². The van der Waals surface area contributed by atoms with Crippen molar-refractivity contribution in [1.29, 1.82) is 0 Å². The van der Waals surface area contributed by atoms with Crippen LogP contribution in [0.5, 0.6) is 0 Å². The highest BCUT2D eigenvalue weighted by molar-refractivity contribution is 7.99. The molecule has 1 aromatic carbocycles. The van der Waals surface area contributed by atoms with Gasteiger partial charge in [0.15, 0.2) is 0 Å². The van der Waals surface area contributed by atoms with Crippen molar-refractivity contribution >= 4 is 29.3 Å². The normalized spacial score (nSPS) is 14.2. The van der Waals surface area contributed by atoms with Crippen LogP contribution in [-0.2, 0) is 4.79 Å². The Morgan fingerprint density at radius 1 is 1.44 bits per heavy atom. The summed E-state index contributed by atoms with van der Waals surface area (Å²) in [5.74, 6) is 0.646. The van der Waals surface area contributed by atoms with E-state index in [1.807, 2.05) is 31.2 Å². The van der Waals surface area contributed by atoms with Gasteiger partial charge in [-0.3, -0.25) is 4.79 Å². The van der Waals surface area contributed by atoms with Crippen molar-refractivity contribution in [2.45, 2.75) is 30.2 Å². The van der Waals surface area contributed by atoms with Gasteiger partial charge in [-0.1, -0.05) is 11.6 Å². The number of hydrogen-bond donors (Lipinski definition) is 2. The number of amides is 1. The van der Waals surface area contributed by atoms with Crippen LogP contribution in [-0.4, -0.2) is 24.2 Å². The van der Waals surface area contributed by atoms with Crippen molar-refractivity contribution in [2.24, 2.45) is 5.73 Å². The van der Waals surface area contributed by atoms with E-state index in [1.165, 1.54) is 4.90 Å². The van der Waals surface area contributed by atoms with Gasteiger partial charge in [0.25, 0.3) is 0 Å². The maximum Gasteiger partial charge on any atom is 0.237 e. The van der Waals surface area contributed by atoms with Crippen molar-refractivity contribution in [3.05, 3.63) is 29.3 Å². The van der Waals surface area contributed by atoms with E-state index < -0.39 is 5.54 Å². The van der Waals surface area contributed by atoms with E-state index in [1.54, 1.807) is 18.8 Å². The first-order valence-corrected chi connectivity index (χ1v) is 7.21. The lowest BCUT2D eigenvalue weighted by atomic mass is 9.96. The molecule has 0 saturated heterocycles. The Morgan fingerprint density at radius 3 is 2.56 bits per heavy atom. The highest BCUT2D eigenvalue weighted by Gasteiger charge is 2.27. The Labute approximate surface area is 117 Å². The number of nitrogens with two attached hydrogens (primary N) is 1. The zero-order valence-electron chi connectivity index (χ0n) is 10.7. The second-order valence-corrected chi connectivity index (χ2v) is 5.96. The molecule has 1 amide bonds.